The third-order valence-corrected chi connectivity index (χ3v) is 5.06. The number of imide groups is 1. The van der Waals surface area contributed by atoms with E-state index in [1.165, 1.54) is 12.1 Å². The number of nitrogens with one attached hydrogen (secondary N) is 1. The Morgan fingerprint density at radius 1 is 1.19 bits per heavy atom. The predicted octanol–water partition coefficient (Wildman–Crippen LogP) is 3.55. The summed E-state index contributed by atoms with van der Waals surface area (Å²) in [5.74, 6) is -0.751. The fraction of sp³-hybridized carbons (Fsp3) is 0.211. The molecule has 1 heterocycles. The summed E-state index contributed by atoms with van der Waals surface area (Å²) in [6, 6.07) is 13.4. The number of hydrogen-bond donors (Lipinski definition) is 2. The third kappa shape index (κ3) is 3.88. The van der Waals surface area contributed by atoms with Gasteiger partial charge in [-0.25, -0.2) is 4.90 Å². The van der Waals surface area contributed by atoms with Gasteiger partial charge in [-0.3, -0.25) is 14.4 Å². The first kappa shape index (κ1) is 18.0. The maximum atomic E-state index is 12.6. The monoisotopic (exact) mass is 370 g/mol. The number of phenolic OH excluding ortho intramolecular Hbond substituents is 1. The van der Waals surface area contributed by atoms with Crippen LogP contribution in [-0.4, -0.2) is 27.4 Å². The first-order valence-corrected chi connectivity index (χ1v) is 9.08. The van der Waals surface area contributed by atoms with Crippen LogP contribution in [-0.2, 0) is 16.0 Å². The third-order valence-electron chi connectivity index (χ3n) is 4.02. The van der Waals surface area contributed by atoms with E-state index >= 15 is 0 Å². The summed E-state index contributed by atoms with van der Waals surface area (Å²) in [6.07, 6.45) is 0.753. The highest BCUT2D eigenvalue weighted by molar-refractivity contribution is 8.15. The van der Waals surface area contributed by atoms with Crippen molar-refractivity contribution in [1.82, 2.24) is 0 Å². The topological polar surface area (TPSA) is 86.7 Å². The van der Waals surface area contributed by atoms with E-state index in [4.69, 9.17) is 0 Å². The Morgan fingerprint density at radius 3 is 2.58 bits per heavy atom. The van der Waals surface area contributed by atoms with Gasteiger partial charge in [0.05, 0.1) is 5.69 Å². The summed E-state index contributed by atoms with van der Waals surface area (Å²) in [6.45, 7) is 2.03. The van der Waals surface area contributed by atoms with Crippen molar-refractivity contribution in [2.24, 2.45) is 0 Å². The molecular formula is C19H18N2O4S. The van der Waals surface area contributed by atoms with Crippen molar-refractivity contribution in [2.75, 3.05) is 10.2 Å². The Balaban J connectivity index is 1.67. The van der Waals surface area contributed by atoms with Crippen LogP contribution in [0, 0.1) is 0 Å². The highest BCUT2D eigenvalue weighted by Crippen LogP contribution is 2.33. The molecule has 134 valence electrons. The molecule has 0 aliphatic carbocycles. The number of amides is 3. The van der Waals surface area contributed by atoms with Gasteiger partial charge in [0.1, 0.15) is 11.0 Å². The van der Waals surface area contributed by atoms with Crippen LogP contribution in [0.2, 0.25) is 0 Å². The molecule has 0 radical (unpaired) electrons. The van der Waals surface area contributed by atoms with E-state index in [-0.39, 0.29) is 17.4 Å². The fourth-order valence-corrected chi connectivity index (χ4v) is 3.65. The maximum Gasteiger partial charge on any atom is 0.293 e. The van der Waals surface area contributed by atoms with E-state index in [1.807, 2.05) is 19.1 Å². The molecule has 1 saturated heterocycles. The largest absolute Gasteiger partial charge is 0.508 e. The molecule has 1 fully saturated rings. The molecule has 6 nitrogen and oxygen atoms in total. The van der Waals surface area contributed by atoms with Crippen molar-refractivity contribution in [2.45, 2.75) is 25.0 Å². The second-order valence-electron chi connectivity index (χ2n) is 5.87. The summed E-state index contributed by atoms with van der Waals surface area (Å²) >= 11 is 0.856. The van der Waals surface area contributed by atoms with Gasteiger partial charge in [0.2, 0.25) is 11.8 Å². The molecule has 0 bridgehead atoms. The number of aryl methyl sites for hydroxylation is 1. The number of phenols is 1. The van der Waals surface area contributed by atoms with Crippen LogP contribution in [0.25, 0.3) is 0 Å². The normalized spacial score (nSPS) is 16.8. The van der Waals surface area contributed by atoms with Gasteiger partial charge >= 0.3 is 0 Å². The zero-order valence-corrected chi connectivity index (χ0v) is 15.0. The number of hydrogen-bond acceptors (Lipinski definition) is 5. The van der Waals surface area contributed by atoms with Crippen LogP contribution >= 0.6 is 11.8 Å². The van der Waals surface area contributed by atoms with Gasteiger partial charge in [0.15, 0.2) is 0 Å². The minimum Gasteiger partial charge on any atom is -0.508 e. The highest BCUT2D eigenvalue weighted by atomic mass is 32.2. The van der Waals surface area contributed by atoms with Crippen molar-refractivity contribution >= 4 is 40.2 Å². The average Bonchev–Trinajstić information content (AvgIpc) is 2.88. The Labute approximate surface area is 155 Å². The van der Waals surface area contributed by atoms with E-state index < -0.39 is 17.1 Å². The molecule has 7 heteroatoms. The number of thioether (sulfide) groups is 1. The molecular weight excluding hydrogens is 352 g/mol. The van der Waals surface area contributed by atoms with Crippen molar-refractivity contribution in [3.8, 4) is 5.75 Å². The molecule has 0 aromatic heterocycles. The molecule has 0 spiro atoms. The number of aromatic hydroxyl groups is 1. The van der Waals surface area contributed by atoms with Gasteiger partial charge < -0.3 is 10.4 Å². The average molecular weight is 370 g/mol. The van der Waals surface area contributed by atoms with Crippen molar-refractivity contribution < 1.29 is 19.5 Å². The predicted molar refractivity (Wildman–Crippen MR) is 101 cm³/mol. The zero-order valence-electron chi connectivity index (χ0n) is 14.1. The SMILES string of the molecule is CCc1ccc(N2C(=O)SC(CC(=O)Nc3cccc(O)c3)C2=O)cc1. The van der Waals surface area contributed by atoms with Gasteiger partial charge in [-0.05, 0) is 48.0 Å². The first-order chi connectivity index (χ1) is 12.5. The van der Waals surface area contributed by atoms with E-state index in [2.05, 4.69) is 5.32 Å². The molecule has 1 aliphatic heterocycles. The second kappa shape index (κ2) is 7.61. The summed E-state index contributed by atoms with van der Waals surface area (Å²) in [4.78, 5) is 38.1. The minimum absolute atomic E-state index is 0.0333. The Bertz CT molecular complexity index is 851. The summed E-state index contributed by atoms with van der Waals surface area (Å²) < 4.78 is 0. The Morgan fingerprint density at radius 2 is 1.92 bits per heavy atom. The maximum absolute atomic E-state index is 12.6. The Hall–Kier alpha value is -2.80. The molecule has 2 aromatic rings. The summed E-state index contributed by atoms with van der Waals surface area (Å²) in [5, 5.41) is 10.9. The zero-order chi connectivity index (χ0) is 18.7. The molecule has 2 aromatic carbocycles. The molecule has 3 rings (SSSR count). The van der Waals surface area contributed by atoms with Crippen molar-refractivity contribution in [1.29, 1.82) is 0 Å². The molecule has 1 atom stereocenters. The summed E-state index contributed by atoms with van der Waals surface area (Å²) in [7, 11) is 0. The van der Waals surface area contributed by atoms with Crippen LogP contribution in [0.1, 0.15) is 18.9 Å². The number of carbonyl (C=O) groups excluding carboxylic acids is 3. The van der Waals surface area contributed by atoms with Gasteiger partial charge in [0.25, 0.3) is 5.24 Å². The van der Waals surface area contributed by atoms with Crippen LogP contribution in [0.5, 0.6) is 5.75 Å². The minimum atomic E-state index is -0.759. The van der Waals surface area contributed by atoms with Crippen LogP contribution in [0.3, 0.4) is 0 Å². The molecule has 1 unspecified atom stereocenters. The summed E-state index contributed by atoms with van der Waals surface area (Å²) in [5.41, 5.74) is 2.06. The van der Waals surface area contributed by atoms with E-state index in [0.29, 0.717) is 11.4 Å². The number of anilines is 2. The number of carbonyl (C=O) groups is 3. The lowest BCUT2D eigenvalue weighted by atomic mass is 10.1. The van der Waals surface area contributed by atoms with E-state index in [0.717, 1.165) is 28.6 Å². The molecule has 0 saturated carbocycles. The lowest BCUT2D eigenvalue weighted by molar-refractivity contribution is -0.121. The smallest absolute Gasteiger partial charge is 0.293 e. The van der Waals surface area contributed by atoms with E-state index in [9.17, 15) is 19.5 Å². The number of benzene rings is 2. The van der Waals surface area contributed by atoms with Gasteiger partial charge in [-0.15, -0.1) is 0 Å². The van der Waals surface area contributed by atoms with Crippen LogP contribution in [0.15, 0.2) is 48.5 Å². The molecule has 1 aliphatic rings. The van der Waals surface area contributed by atoms with Crippen molar-refractivity contribution in [3.63, 3.8) is 0 Å². The highest BCUT2D eigenvalue weighted by Gasteiger charge is 2.41. The number of nitrogens with zero attached hydrogens (tertiary/aromatic N) is 1. The lowest BCUT2D eigenvalue weighted by Gasteiger charge is -2.14. The van der Waals surface area contributed by atoms with Crippen molar-refractivity contribution in [3.05, 3.63) is 54.1 Å². The number of rotatable bonds is 5. The van der Waals surface area contributed by atoms with Gasteiger partial charge in [0, 0.05) is 18.2 Å². The van der Waals surface area contributed by atoms with Crippen LogP contribution in [0.4, 0.5) is 16.2 Å². The first-order valence-electron chi connectivity index (χ1n) is 8.20. The van der Waals surface area contributed by atoms with E-state index in [1.54, 1.807) is 24.3 Å². The molecule has 26 heavy (non-hydrogen) atoms. The Kier molecular flexibility index (Phi) is 5.27. The lowest BCUT2D eigenvalue weighted by Crippen LogP contribution is -2.32. The second-order valence-corrected chi connectivity index (χ2v) is 7.02. The van der Waals surface area contributed by atoms with Gasteiger partial charge in [-0.2, -0.15) is 0 Å². The standard InChI is InChI=1S/C19H18N2O4S/c1-2-12-6-8-14(9-7-12)21-18(24)16(26-19(21)25)11-17(23)20-13-4-3-5-15(22)10-13/h3-10,16,22H,2,11H2,1H3,(H,20,23). The quantitative estimate of drug-likeness (QED) is 0.840. The van der Waals surface area contributed by atoms with Gasteiger partial charge in [-0.1, -0.05) is 25.1 Å². The molecule has 3 amide bonds. The van der Waals surface area contributed by atoms with Crippen LogP contribution < -0.4 is 10.2 Å². The molecule has 2 N–H and O–H groups in total. The fourth-order valence-electron chi connectivity index (χ4n) is 2.67.